The highest BCUT2D eigenvalue weighted by molar-refractivity contribution is 5.73. The van der Waals surface area contributed by atoms with E-state index in [9.17, 15) is 4.79 Å². The lowest BCUT2D eigenvalue weighted by Crippen LogP contribution is -2.39. The first-order valence-electron chi connectivity index (χ1n) is 5.66. The Hall–Kier alpha value is -0.610. The fourth-order valence-electron chi connectivity index (χ4n) is 1.33. The minimum atomic E-state index is -0.768. The summed E-state index contributed by atoms with van der Waals surface area (Å²) in [5, 5.41) is 12.0. The maximum atomic E-state index is 10.9. The lowest BCUT2D eigenvalue weighted by Gasteiger charge is -2.14. The van der Waals surface area contributed by atoms with E-state index in [1.165, 1.54) is 0 Å². The van der Waals surface area contributed by atoms with Crippen molar-refractivity contribution in [2.45, 2.75) is 45.2 Å². The van der Waals surface area contributed by atoms with E-state index in [-0.39, 0.29) is 0 Å². The van der Waals surface area contributed by atoms with Crippen molar-refractivity contribution in [3.63, 3.8) is 0 Å². The van der Waals surface area contributed by atoms with Crippen LogP contribution >= 0.6 is 0 Å². The van der Waals surface area contributed by atoms with E-state index < -0.39 is 12.0 Å². The predicted molar refractivity (Wildman–Crippen MR) is 57.9 cm³/mol. The SMILES string of the molecule is CC(C)COCCC(NC1CC1)C(=O)O. The summed E-state index contributed by atoms with van der Waals surface area (Å²) in [4.78, 5) is 10.9. The zero-order chi connectivity index (χ0) is 11.3. The third kappa shape index (κ3) is 5.74. The number of ether oxygens (including phenoxy) is 1. The Balaban J connectivity index is 2.10. The van der Waals surface area contributed by atoms with Crippen molar-refractivity contribution < 1.29 is 14.6 Å². The summed E-state index contributed by atoms with van der Waals surface area (Å²) < 4.78 is 5.37. The van der Waals surface area contributed by atoms with Gasteiger partial charge in [0, 0.05) is 19.3 Å². The van der Waals surface area contributed by atoms with Gasteiger partial charge in [-0.3, -0.25) is 4.79 Å². The largest absolute Gasteiger partial charge is 0.480 e. The molecule has 4 heteroatoms. The third-order valence-electron chi connectivity index (χ3n) is 2.31. The lowest BCUT2D eigenvalue weighted by molar-refractivity contribution is -0.140. The number of rotatable bonds is 8. The number of carboxylic acids is 1. The van der Waals surface area contributed by atoms with E-state index in [2.05, 4.69) is 19.2 Å². The molecule has 1 rings (SSSR count). The molecular formula is C11H21NO3. The van der Waals surface area contributed by atoms with Crippen LogP contribution in [0.2, 0.25) is 0 Å². The summed E-state index contributed by atoms with van der Waals surface area (Å²) in [7, 11) is 0. The second-order valence-corrected chi connectivity index (χ2v) is 4.59. The van der Waals surface area contributed by atoms with Crippen LogP contribution in [0.25, 0.3) is 0 Å². The molecule has 0 aromatic carbocycles. The van der Waals surface area contributed by atoms with Crippen LogP contribution in [0.15, 0.2) is 0 Å². The van der Waals surface area contributed by atoms with Crippen LogP contribution in [-0.2, 0) is 9.53 Å². The van der Waals surface area contributed by atoms with Gasteiger partial charge in [-0.05, 0) is 25.2 Å². The molecule has 1 unspecified atom stereocenters. The maximum absolute atomic E-state index is 10.9. The topological polar surface area (TPSA) is 58.6 Å². The number of carboxylic acid groups (broad SMARTS) is 1. The maximum Gasteiger partial charge on any atom is 0.320 e. The predicted octanol–water partition coefficient (Wildman–Crippen LogP) is 1.25. The second-order valence-electron chi connectivity index (χ2n) is 4.59. The van der Waals surface area contributed by atoms with E-state index in [4.69, 9.17) is 9.84 Å². The van der Waals surface area contributed by atoms with Gasteiger partial charge >= 0.3 is 5.97 Å². The molecule has 0 aromatic heterocycles. The van der Waals surface area contributed by atoms with Crippen molar-refractivity contribution in [2.24, 2.45) is 5.92 Å². The Morgan fingerprint density at radius 1 is 1.53 bits per heavy atom. The normalized spacial score (nSPS) is 18.1. The summed E-state index contributed by atoms with van der Waals surface area (Å²) in [5.41, 5.74) is 0. The summed E-state index contributed by atoms with van der Waals surface area (Å²) in [6.07, 6.45) is 2.77. The van der Waals surface area contributed by atoms with E-state index in [0.717, 1.165) is 12.8 Å². The summed E-state index contributed by atoms with van der Waals surface area (Å²) >= 11 is 0. The fraction of sp³-hybridized carbons (Fsp3) is 0.909. The Kier molecular flexibility index (Phi) is 5.05. The highest BCUT2D eigenvalue weighted by Crippen LogP contribution is 2.20. The molecule has 0 amide bonds. The molecule has 2 N–H and O–H groups in total. The highest BCUT2D eigenvalue weighted by atomic mass is 16.5. The van der Waals surface area contributed by atoms with Gasteiger partial charge in [-0.15, -0.1) is 0 Å². The van der Waals surface area contributed by atoms with Crippen LogP contribution in [0.5, 0.6) is 0 Å². The van der Waals surface area contributed by atoms with Gasteiger partial charge in [0.2, 0.25) is 0 Å². The van der Waals surface area contributed by atoms with E-state index in [1.54, 1.807) is 0 Å². The Morgan fingerprint density at radius 2 is 2.20 bits per heavy atom. The quantitative estimate of drug-likeness (QED) is 0.598. The molecule has 1 aliphatic carbocycles. The third-order valence-corrected chi connectivity index (χ3v) is 2.31. The lowest BCUT2D eigenvalue weighted by atomic mass is 10.2. The zero-order valence-electron chi connectivity index (χ0n) is 9.53. The molecule has 1 aliphatic rings. The van der Waals surface area contributed by atoms with Gasteiger partial charge in [0.15, 0.2) is 0 Å². The minimum Gasteiger partial charge on any atom is -0.480 e. The van der Waals surface area contributed by atoms with Crippen LogP contribution in [0.1, 0.15) is 33.1 Å². The summed E-state index contributed by atoms with van der Waals surface area (Å²) in [6, 6.07) is -0.0131. The van der Waals surface area contributed by atoms with Gasteiger partial charge in [0.1, 0.15) is 6.04 Å². The molecule has 15 heavy (non-hydrogen) atoms. The molecule has 0 spiro atoms. The van der Waals surface area contributed by atoms with Gasteiger partial charge in [-0.25, -0.2) is 0 Å². The molecule has 0 radical (unpaired) electrons. The molecule has 4 nitrogen and oxygen atoms in total. The average molecular weight is 215 g/mol. The van der Waals surface area contributed by atoms with Crippen LogP contribution in [-0.4, -0.2) is 36.4 Å². The van der Waals surface area contributed by atoms with Crippen LogP contribution in [0.4, 0.5) is 0 Å². The molecule has 1 fully saturated rings. The first-order valence-corrected chi connectivity index (χ1v) is 5.66. The van der Waals surface area contributed by atoms with Crippen molar-refractivity contribution in [3.05, 3.63) is 0 Å². The monoisotopic (exact) mass is 215 g/mol. The van der Waals surface area contributed by atoms with Gasteiger partial charge < -0.3 is 15.2 Å². The van der Waals surface area contributed by atoms with Gasteiger partial charge in [0.05, 0.1) is 0 Å². The summed E-state index contributed by atoms with van der Waals surface area (Å²) in [6.45, 7) is 5.39. The van der Waals surface area contributed by atoms with Crippen LogP contribution in [0, 0.1) is 5.92 Å². The minimum absolute atomic E-state index is 0.427. The average Bonchev–Trinajstić information content (AvgIpc) is 2.93. The zero-order valence-corrected chi connectivity index (χ0v) is 9.53. The smallest absolute Gasteiger partial charge is 0.320 e. The van der Waals surface area contributed by atoms with Crippen molar-refractivity contribution in [2.75, 3.05) is 13.2 Å². The number of nitrogens with one attached hydrogen (secondary N) is 1. The van der Waals surface area contributed by atoms with E-state index in [0.29, 0.717) is 31.6 Å². The Labute approximate surface area is 91.0 Å². The van der Waals surface area contributed by atoms with Crippen LogP contribution in [0.3, 0.4) is 0 Å². The van der Waals surface area contributed by atoms with E-state index in [1.807, 2.05) is 0 Å². The van der Waals surface area contributed by atoms with Gasteiger partial charge in [-0.1, -0.05) is 13.8 Å². The van der Waals surface area contributed by atoms with Gasteiger partial charge in [-0.2, -0.15) is 0 Å². The standard InChI is InChI=1S/C11H21NO3/c1-8(2)7-15-6-5-10(11(13)14)12-9-3-4-9/h8-10,12H,3-7H2,1-2H3,(H,13,14). The fourth-order valence-corrected chi connectivity index (χ4v) is 1.33. The van der Waals surface area contributed by atoms with E-state index >= 15 is 0 Å². The first-order chi connectivity index (χ1) is 7.09. The molecule has 0 heterocycles. The molecule has 1 saturated carbocycles. The summed E-state index contributed by atoms with van der Waals surface area (Å²) in [5.74, 6) is -0.264. The molecular weight excluding hydrogens is 194 g/mol. The molecule has 88 valence electrons. The highest BCUT2D eigenvalue weighted by Gasteiger charge is 2.27. The molecule has 1 atom stereocenters. The first kappa shape index (κ1) is 12.5. The molecule has 0 aromatic rings. The number of aliphatic carboxylic acids is 1. The van der Waals surface area contributed by atoms with Crippen molar-refractivity contribution in [1.82, 2.24) is 5.32 Å². The van der Waals surface area contributed by atoms with Crippen molar-refractivity contribution >= 4 is 5.97 Å². The Morgan fingerprint density at radius 3 is 2.67 bits per heavy atom. The second kappa shape index (κ2) is 6.08. The number of hydrogen-bond acceptors (Lipinski definition) is 3. The van der Waals surface area contributed by atoms with Gasteiger partial charge in [0.25, 0.3) is 0 Å². The number of carbonyl (C=O) groups is 1. The molecule has 0 aliphatic heterocycles. The molecule has 0 saturated heterocycles. The van der Waals surface area contributed by atoms with Crippen molar-refractivity contribution in [3.8, 4) is 0 Å². The van der Waals surface area contributed by atoms with Crippen LogP contribution < -0.4 is 5.32 Å². The van der Waals surface area contributed by atoms with Crippen molar-refractivity contribution in [1.29, 1.82) is 0 Å². The molecule has 0 bridgehead atoms. The number of hydrogen-bond donors (Lipinski definition) is 2. The Bertz CT molecular complexity index is 202.